The standard InChI is InChI=1S/C34H68/c1-4-6-8-10-11-12-13-14-15-16-17-18-19-20-21-22-23-24-25-26-27-28-29-31-33-34(3)32-30-9-7-5-2/h19-20,34H,4-18,21-33H2,1-3H3. The third-order valence-electron chi connectivity index (χ3n) is 7.76. The molecule has 0 aliphatic heterocycles. The molecule has 0 heterocycles. The van der Waals surface area contributed by atoms with E-state index >= 15 is 0 Å². The second-order valence-electron chi connectivity index (χ2n) is 11.5. The Bertz CT molecular complexity index is 368. The lowest BCUT2D eigenvalue weighted by atomic mass is 9.96. The summed E-state index contributed by atoms with van der Waals surface area (Å²) in [5.74, 6) is 0.964. The number of hydrogen-bond acceptors (Lipinski definition) is 0. The molecule has 0 aliphatic carbocycles. The Labute approximate surface area is 218 Å². The maximum Gasteiger partial charge on any atom is -0.0351 e. The Hall–Kier alpha value is -0.260. The molecular formula is C34H68. The minimum atomic E-state index is 0.964. The van der Waals surface area contributed by atoms with Crippen LogP contribution < -0.4 is 0 Å². The highest BCUT2D eigenvalue weighted by molar-refractivity contribution is 4.81. The van der Waals surface area contributed by atoms with E-state index in [0.717, 1.165) is 5.92 Å². The normalized spacial score (nSPS) is 12.7. The third-order valence-corrected chi connectivity index (χ3v) is 7.76. The van der Waals surface area contributed by atoms with E-state index in [1.54, 1.807) is 0 Å². The van der Waals surface area contributed by atoms with Gasteiger partial charge in [0.25, 0.3) is 0 Å². The predicted octanol–water partition coefficient (Wildman–Crippen LogP) is 13.1. The Balaban J connectivity index is 3.14. The fraction of sp³-hybridized carbons (Fsp3) is 0.941. The first-order valence-corrected chi connectivity index (χ1v) is 16.5. The fourth-order valence-electron chi connectivity index (χ4n) is 5.22. The lowest BCUT2D eigenvalue weighted by molar-refractivity contribution is 0.433. The van der Waals surface area contributed by atoms with Crippen molar-refractivity contribution in [1.29, 1.82) is 0 Å². The van der Waals surface area contributed by atoms with Crippen molar-refractivity contribution < 1.29 is 0 Å². The lowest BCUT2D eigenvalue weighted by Gasteiger charge is -2.10. The molecule has 0 radical (unpaired) electrons. The summed E-state index contributed by atoms with van der Waals surface area (Å²) < 4.78 is 0. The second-order valence-corrected chi connectivity index (χ2v) is 11.5. The van der Waals surface area contributed by atoms with Gasteiger partial charge in [-0.15, -0.1) is 0 Å². The smallest absolute Gasteiger partial charge is 0.0351 e. The molecule has 0 fully saturated rings. The molecule has 0 bridgehead atoms. The van der Waals surface area contributed by atoms with Gasteiger partial charge in [-0.3, -0.25) is 0 Å². The van der Waals surface area contributed by atoms with E-state index in [9.17, 15) is 0 Å². The summed E-state index contributed by atoms with van der Waals surface area (Å²) in [6, 6.07) is 0. The Morgan fingerprint density at radius 3 is 0.971 bits per heavy atom. The van der Waals surface area contributed by atoms with Crippen LogP contribution in [0.3, 0.4) is 0 Å². The van der Waals surface area contributed by atoms with Gasteiger partial charge in [-0.25, -0.2) is 0 Å². The van der Waals surface area contributed by atoms with Crippen molar-refractivity contribution in [3.05, 3.63) is 12.2 Å². The van der Waals surface area contributed by atoms with Crippen LogP contribution in [0, 0.1) is 5.92 Å². The quantitative estimate of drug-likeness (QED) is 0.0743. The molecule has 0 aliphatic rings. The molecule has 34 heavy (non-hydrogen) atoms. The second kappa shape index (κ2) is 30.8. The van der Waals surface area contributed by atoms with Crippen molar-refractivity contribution in [3.63, 3.8) is 0 Å². The molecule has 0 nitrogen and oxygen atoms in total. The monoisotopic (exact) mass is 477 g/mol. The van der Waals surface area contributed by atoms with Crippen LogP contribution in [0.15, 0.2) is 12.2 Å². The van der Waals surface area contributed by atoms with Crippen LogP contribution in [0.2, 0.25) is 0 Å². The van der Waals surface area contributed by atoms with Crippen LogP contribution in [-0.2, 0) is 0 Å². The number of unbranched alkanes of at least 4 members (excludes halogenated alkanes) is 23. The molecule has 0 saturated carbocycles. The lowest BCUT2D eigenvalue weighted by Crippen LogP contribution is -1.95. The van der Waals surface area contributed by atoms with Crippen LogP contribution >= 0.6 is 0 Å². The minimum absolute atomic E-state index is 0.964. The average Bonchev–Trinajstić information content (AvgIpc) is 2.84. The molecule has 0 amide bonds. The van der Waals surface area contributed by atoms with E-state index in [0.29, 0.717) is 0 Å². The molecule has 0 aromatic heterocycles. The van der Waals surface area contributed by atoms with E-state index in [1.807, 2.05) is 0 Å². The molecule has 0 N–H and O–H groups in total. The van der Waals surface area contributed by atoms with Gasteiger partial charge in [-0.2, -0.15) is 0 Å². The van der Waals surface area contributed by atoms with Crippen molar-refractivity contribution in [1.82, 2.24) is 0 Å². The summed E-state index contributed by atoms with van der Waals surface area (Å²) in [6.45, 7) is 7.08. The van der Waals surface area contributed by atoms with E-state index < -0.39 is 0 Å². The van der Waals surface area contributed by atoms with Crippen LogP contribution in [-0.4, -0.2) is 0 Å². The van der Waals surface area contributed by atoms with Crippen molar-refractivity contribution in [2.24, 2.45) is 5.92 Å². The Kier molecular flexibility index (Phi) is 30.5. The van der Waals surface area contributed by atoms with E-state index in [1.165, 1.54) is 180 Å². The highest BCUT2D eigenvalue weighted by Crippen LogP contribution is 2.18. The predicted molar refractivity (Wildman–Crippen MR) is 159 cm³/mol. The SMILES string of the molecule is CCCCCCCCCCCCCC=CCCCCCCCCCCCC(C)CCCCCC. The van der Waals surface area contributed by atoms with Gasteiger partial charge in [0, 0.05) is 0 Å². The summed E-state index contributed by atoms with van der Waals surface area (Å²) in [5.41, 5.74) is 0. The summed E-state index contributed by atoms with van der Waals surface area (Å²) in [4.78, 5) is 0. The van der Waals surface area contributed by atoms with Crippen molar-refractivity contribution in [2.45, 2.75) is 201 Å². The fourth-order valence-corrected chi connectivity index (χ4v) is 5.22. The summed E-state index contributed by atoms with van der Waals surface area (Å²) in [5, 5.41) is 0. The first kappa shape index (κ1) is 33.7. The Morgan fingerprint density at radius 2 is 0.618 bits per heavy atom. The van der Waals surface area contributed by atoms with Gasteiger partial charge >= 0.3 is 0 Å². The molecule has 0 aromatic rings. The molecule has 0 saturated heterocycles. The average molecular weight is 477 g/mol. The van der Waals surface area contributed by atoms with Crippen molar-refractivity contribution in [3.8, 4) is 0 Å². The van der Waals surface area contributed by atoms with Gasteiger partial charge in [0.1, 0.15) is 0 Å². The zero-order chi connectivity index (χ0) is 24.8. The number of rotatable bonds is 29. The molecule has 0 rings (SSSR count). The highest BCUT2D eigenvalue weighted by atomic mass is 14.1. The molecule has 1 atom stereocenters. The number of hydrogen-bond donors (Lipinski definition) is 0. The van der Waals surface area contributed by atoms with Crippen LogP contribution in [0.4, 0.5) is 0 Å². The molecule has 1 unspecified atom stereocenters. The molecular weight excluding hydrogens is 408 g/mol. The van der Waals surface area contributed by atoms with Crippen LogP contribution in [0.5, 0.6) is 0 Å². The van der Waals surface area contributed by atoms with Crippen molar-refractivity contribution in [2.75, 3.05) is 0 Å². The van der Waals surface area contributed by atoms with E-state index in [2.05, 4.69) is 32.9 Å². The minimum Gasteiger partial charge on any atom is -0.0885 e. The van der Waals surface area contributed by atoms with Crippen LogP contribution in [0.25, 0.3) is 0 Å². The van der Waals surface area contributed by atoms with Gasteiger partial charge in [-0.1, -0.05) is 187 Å². The van der Waals surface area contributed by atoms with Gasteiger partial charge in [-0.05, 0) is 31.6 Å². The number of allylic oxidation sites excluding steroid dienone is 2. The maximum absolute atomic E-state index is 2.47. The summed E-state index contributed by atoms with van der Waals surface area (Å²) in [6.07, 6.45) is 45.3. The largest absolute Gasteiger partial charge is 0.0885 e. The zero-order valence-corrected chi connectivity index (χ0v) is 24.5. The van der Waals surface area contributed by atoms with Crippen molar-refractivity contribution >= 4 is 0 Å². The first-order chi connectivity index (χ1) is 16.8. The Morgan fingerprint density at radius 1 is 0.353 bits per heavy atom. The maximum atomic E-state index is 2.47. The summed E-state index contributed by atoms with van der Waals surface area (Å²) in [7, 11) is 0. The highest BCUT2D eigenvalue weighted by Gasteiger charge is 2.02. The zero-order valence-electron chi connectivity index (χ0n) is 24.5. The summed E-state index contributed by atoms with van der Waals surface area (Å²) >= 11 is 0. The van der Waals surface area contributed by atoms with Gasteiger partial charge in [0.2, 0.25) is 0 Å². The van der Waals surface area contributed by atoms with E-state index in [4.69, 9.17) is 0 Å². The first-order valence-electron chi connectivity index (χ1n) is 16.5. The molecule has 204 valence electrons. The molecule has 0 heteroatoms. The van der Waals surface area contributed by atoms with E-state index in [-0.39, 0.29) is 0 Å². The van der Waals surface area contributed by atoms with Gasteiger partial charge < -0.3 is 0 Å². The van der Waals surface area contributed by atoms with Gasteiger partial charge in [0.05, 0.1) is 0 Å². The third kappa shape index (κ3) is 29.8. The van der Waals surface area contributed by atoms with Gasteiger partial charge in [0.15, 0.2) is 0 Å². The molecule has 0 aromatic carbocycles. The molecule has 0 spiro atoms. The van der Waals surface area contributed by atoms with Crippen LogP contribution in [0.1, 0.15) is 201 Å². The topological polar surface area (TPSA) is 0 Å².